The fourth-order valence-corrected chi connectivity index (χ4v) is 4.40. The molecule has 0 radical (unpaired) electrons. The molecule has 3 heterocycles. The zero-order valence-electron chi connectivity index (χ0n) is 18.7. The van der Waals surface area contributed by atoms with Crippen molar-refractivity contribution in [1.82, 2.24) is 25.1 Å². The van der Waals surface area contributed by atoms with E-state index in [4.69, 9.17) is 16.7 Å². The second-order valence-electron chi connectivity index (χ2n) is 8.44. The van der Waals surface area contributed by atoms with Crippen molar-refractivity contribution in [3.63, 3.8) is 0 Å². The van der Waals surface area contributed by atoms with Gasteiger partial charge in [-0.25, -0.2) is 4.98 Å². The molecular formula is C23H30ClN7O. The van der Waals surface area contributed by atoms with Crippen LogP contribution in [0.1, 0.15) is 41.1 Å². The number of hydrogen-bond donors (Lipinski definition) is 4. The molecule has 1 aliphatic heterocycles. The molecule has 1 aliphatic rings. The molecule has 0 unspecified atom stereocenters. The van der Waals surface area contributed by atoms with Gasteiger partial charge >= 0.3 is 0 Å². The van der Waals surface area contributed by atoms with Crippen molar-refractivity contribution in [2.75, 3.05) is 36.9 Å². The number of aromatic amines is 1. The van der Waals surface area contributed by atoms with Gasteiger partial charge in [0.15, 0.2) is 11.6 Å². The summed E-state index contributed by atoms with van der Waals surface area (Å²) >= 11 is 6.28. The molecule has 0 atom stereocenters. The van der Waals surface area contributed by atoms with Crippen LogP contribution in [0.3, 0.4) is 0 Å². The van der Waals surface area contributed by atoms with Crippen LogP contribution in [0.25, 0.3) is 0 Å². The van der Waals surface area contributed by atoms with Crippen LogP contribution in [0.5, 0.6) is 0 Å². The third-order valence-corrected chi connectivity index (χ3v) is 6.28. The van der Waals surface area contributed by atoms with Gasteiger partial charge in [-0.1, -0.05) is 17.7 Å². The van der Waals surface area contributed by atoms with E-state index in [9.17, 15) is 0 Å². The van der Waals surface area contributed by atoms with Gasteiger partial charge in [0, 0.05) is 24.0 Å². The first-order chi connectivity index (χ1) is 15.4. The highest BCUT2D eigenvalue weighted by atomic mass is 35.5. The number of nitrogens with zero attached hydrogens (tertiary/aromatic N) is 4. The third-order valence-electron chi connectivity index (χ3n) is 6.00. The molecule has 0 amide bonds. The smallest absolute Gasteiger partial charge is 0.229 e. The van der Waals surface area contributed by atoms with Gasteiger partial charge in [-0.15, -0.1) is 0 Å². The molecule has 4 rings (SSSR count). The molecule has 1 fully saturated rings. The number of hydrogen-bond acceptors (Lipinski definition) is 7. The Morgan fingerprint density at radius 2 is 1.91 bits per heavy atom. The summed E-state index contributed by atoms with van der Waals surface area (Å²) in [5, 5.41) is 23.1. The predicted octanol–water partition coefficient (Wildman–Crippen LogP) is 4.44. The number of aliphatic hydroxyl groups excluding tert-OH is 1. The Morgan fingerprint density at radius 1 is 1.12 bits per heavy atom. The van der Waals surface area contributed by atoms with E-state index >= 15 is 0 Å². The lowest BCUT2D eigenvalue weighted by Crippen LogP contribution is -2.35. The Kier molecular flexibility index (Phi) is 6.93. The van der Waals surface area contributed by atoms with Crippen LogP contribution in [0.2, 0.25) is 5.02 Å². The number of aromatic nitrogens is 4. The summed E-state index contributed by atoms with van der Waals surface area (Å²) in [6, 6.07) is 6.34. The van der Waals surface area contributed by atoms with Gasteiger partial charge in [-0.05, 0) is 75.4 Å². The summed E-state index contributed by atoms with van der Waals surface area (Å²) < 4.78 is 0. The van der Waals surface area contributed by atoms with Crippen molar-refractivity contribution in [3.05, 3.63) is 51.8 Å². The van der Waals surface area contributed by atoms with Gasteiger partial charge in [-0.2, -0.15) is 10.1 Å². The highest BCUT2D eigenvalue weighted by Crippen LogP contribution is 2.34. The average molecular weight is 456 g/mol. The maximum atomic E-state index is 9.17. The number of likely N-dealkylation sites (tertiary alicyclic amines) is 1. The van der Waals surface area contributed by atoms with E-state index in [2.05, 4.69) is 61.7 Å². The van der Waals surface area contributed by atoms with Crippen molar-refractivity contribution in [3.8, 4) is 0 Å². The van der Waals surface area contributed by atoms with Crippen molar-refractivity contribution in [2.24, 2.45) is 0 Å². The zero-order valence-corrected chi connectivity index (χ0v) is 19.5. The number of aliphatic hydroxyl groups is 1. The first-order valence-electron chi connectivity index (χ1n) is 11.0. The van der Waals surface area contributed by atoms with Crippen LogP contribution in [0.4, 0.5) is 23.3 Å². The molecule has 170 valence electrons. The molecule has 9 heteroatoms. The quantitative estimate of drug-likeness (QED) is 0.417. The van der Waals surface area contributed by atoms with Gasteiger partial charge in [0.1, 0.15) is 5.02 Å². The van der Waals surface area contributed by atoms with E-state index in [1.54, 1.807) is 6.20 Å². The molecule has 8 nitrogen and oxygen atoms in total. The minimum Gasteiger partial charge on any atom is -0.395 e. The molecule has 4 N–H and O–H groups in total. The lowest BCUT2D eigenvalue weighted by Gasteiger charge is -2.32. The summed E-state index contributed by atoms with van der Waals surface area (Å²) in [6.45, 7) is 9.27. The van der Waals surface area contributed by atoms with Gasteiger partial charge in [0.2, 0.25) is 5.95 Å². The van der Waals surface area contributed by atoms with Gasteiger partial charge < -0.3 is 20.6 Å². The molecule has 0 aliphatic carbocycles. The second-order valence-corrected chi connectivity index (χ2v) is 8.85. The fraction of sp³-hybridized carbons (Fsp3) is 0.435. The number of anilines is 4. The van der Waals surface area contributed by atoms with E-state index in [0.717, 1.165) is 49.4 Å². The van der Waals surface area contributed by atoms with E-state index < -0.39 is 0 Å². The Labute approximate surface area is 193 Å². The highest BCUT2D eigenvalue weighted by molar-refractivity contribution is 6.32. The van der Waals surface area contributed by atoms with Crippen molar-refractivity contribution >= 4 is 34.9 Å². The van der Waals surface area contributed by atoms with Crippen molar-refractivity contribution in [1.29, 1.82) is 0 Å². The maximum absolute atomic E-state index is 9.17. The molecule has 0 bridgehead atoms. The van der Waals surface area contributed by atoms with Crippen LogP contribution in [0, 0.1) is 20.8 Å². The average Bonchev–Trinajstić information content (AvgIpc) is 3.18. The topological polar surface area (TPSA) is 102 Å². The van der Waals surface area contributed by atoms with Gasteiger partial charge in [0.05, 0.1) is 12.8 Å². The number of benzene rings is 1. The van der Waals surface area contributed by atoms with Crippen LogP contribution < -0.4 is 10.6 Å². The Hall–Kier alpha value is -2.68. The van der Waals surface area contributed by atoms with Crippen LogP contribution in [-0.4, -0.2) is 56.4 Å². The molecule has 0 spiro atoms. The number of halogens is 1. The minimum absolute atomic E-state index is 0.231. The van der Waals surface area contributed by atoms with Crippen LogP contribution >= 0.6 is 11.6 Å². The number of β-amino-alcohol motifs (C(OH)–C–C–N with tert-alkyl or cyclic N) is 1. The lowest BCUT2D eigenvalue weighted by atomic mass is 9.85. The van der Waals surface area contributed by atoms with Gasteiger partial charge in [-0.3, -0.25) is 5.10 Å². The molecule has 0 saturated carbocycles. The largest absolute Gasteiger partial charge is 0.395 e. The van der Waals surface area contributed by atoms with Gasteiger partial charge in [0.25, 0.3) is 0 Å². The Balaban J connectivity index is 1.49. The van der Waals surface area contributed by atoms with Crippen LogP contribution in [0.15, 0.2) is 24.4 Å². The molecule has 32 heavy (non-hydrogen) atoms. The first kappa shape index (κ1) is 22.5. The van der Waals surface area contributed by atoms with Crippen molar-refractivity contribution < 1.29 is 5.11 Å². The molecule has 3 aromatic rings. The number of nitrogens with one attached hydrogen (secondary N) is 3. The summed E-state index contributed by atoms with van der Waals surface area (Å²) in [4.78, 5) is 11.2. The van der Waals surface area contributed by atoms with E-state index in [-0.39, 0.29) is 6.61 Å². The van der Waals surface area contributed by atoms with E-state index in [1.807, 2.05) is 13.0 Å². The zero-order chi connectivity index (χ0) is 22.7. The summed E-state index contributed by atoms with van der Waals surface area (Å²) in [6.07, 6.45) is 3.82. The fourth-order valence-electron chi connectivity index (χ4n) is 4.26. The molecular weight excluding hydrogens is 426 g/mol. The summed E-state index contributed by atoms with van der Waals surface area (Å²) in [5.74, 6) is 2.17. The SMILES string of the molecule is Cc1cc(Nc2nc(Nc3cc(C)c(C4CCN(CCO)CC4)cc3C)ncc2Cl)n[nH]1. The Morgan fingerprint density at radius 3 is 2.59 bits per heavy atom. The number of piperidine rings is 1. The van der Waals surface area contributed by atoms with E-state index in [1.165, 1.54) is 11.1 Å². The van der Waals surface area contributed by atoms with Crippen LogP contribution in [-0.2, 0) is 0 Å². The predicted molar refractivity (Wildman–Crippen MR) is 128 cm³/mol. The highest BCUT2D eigenvalue weighted by Gasteiger charge is 2.22. The third kappa shape index (κ3) is 5.20. The normalized spacial score (nSPS) is 15.2. The number of aryl methyl sites for hydroxylation is 3. The minimum atomic E-state index is 0.231. The van der Waals surface area contributed by atoms with E-state index in [0.29, 0.717) is 28.5 Å². The number of rotatable bonds is 7. The second kappa shape index (κ2) is 9.85. The number of H-pyrrole nitrogens is 1. The monoisotopic (exact) mass is 455 g/mol. The summed E-state index contributed by atoms with van der Waals surface area (Å²) in [5.41, 5.74) is 5.75. The Bertz CT molecular complexity index is 1080. The summed E-state index contributed by atoms with van der Waals surface area (Å²) in [7, 11) is 0. The standard InChI is InChI=1S/C23H30ClN7O/c1-14-11-20(15(2)10-18(14)17-4-6-31(7-5-17)8-9-32)26-23-25-13-19(24)22(28-23)27-21-12-16(3)29-30-21/h10-13,17,32H,4-9H2,1-3H3,(H3,25,26,27,28,29,30). The molecule has 2 aromatic heterocycles. The lowest BCUT2D eigenvalue weighted by molar-refractivity contribution is 0.164. The van der Waals surface area contributed by atoms with Crippen molar-refractivity contribution in [2.45, 2.75) is 39.5 Å². The maximum Gasteiger partial charge on any atom is 0.229 e. The molecule has 1 aromatic carbocycles. The first-order valence-corrected chi connectivity index (χ1v) is 11.3. The molecule has 1 saturated heterocycles.